The normalized spacial score (nSPS) is 11.2. The molecule has 1 aromatic carbocycles. The van der Waals surface area contributed by atoms with Gasteiger partial charge in [-0.1, -0.05) is 37.3 Å². The summed E-state index contributed by atoms with van der Waals surface area (Å²) in [5.74, 6) is 1.12. The molecule has 0 aliphatic rings. The molecule has 5 heteroatoms. The molecule has 0 spiro atoms. The number of aromatic nitrogens is 2. The molecule has 0 N–H and O–H groups in total. The van der Waals surface area contributed by atoms with Crippen LogP contribution in [0.1, 0.15) is 24.6 Å². The highest BCUT2D eigenvalue weighted by Gasteiger charge is 2.11. The van der Waals surface area contributed by atoms with E-state index in [4.69, 9.17) is 10.00 Å². The molecule has 0 radical (unpaired) electrons. The van der Waals surface area contributed by atoms with Crippen molar-refractivity contribution in [2.75, 3.05) is 7.11 Å². The zero-order valence-corrected chi connectivity index (χ0v) is 11.6. The Balaban J connectivity index is 2.37. The van der Waals surface area contributed by atoms with Crippen LogP contribution in [0.2, 0.25) is 0 Å². The van der Waals surface area contributed by atoms with E-state index in [1.165, 1.54) is 0 Å². The van der Waals surface area contributed by atoms with Gasteiger partial charge >= 0.3 is 0 Å². The van der Waals surface area contributed by atoms with E-state index in [2.05, 4.69) is 16.0 Å². The van der Waals surface area contributed by atoms with Crippen molar-refractivity contribution in [3.63, 3.8) is 0 Å². The van der Waals surface area contributed by atoms with E-state index in [0.717, 1.165) is 5.56 Å². The summed E-state index contributed by atoms with van der Waals surface area (Å²) in [7, 11) is 1.58. The number of imidazole rings is 1. The van der Waals surface area contributed by atoms with Gasteiger partial charge in [0, 0.05) is 6.42 Å². The first-order chi connectivity index (χ1) is 9.78. The van der Waals surface area contributed by atoms with Crippen molar-refractivity contribution >= 4 is 11.7 Å². The molecular weight excluding hydrogens is 252 g/mol. The second-order valence-corrected chi connectivity index (χ2v) is 4.21. The number of hydrogen-bond acceptors (Lipinski definition) is 4. The van der Waals surface area contributed by atoms with Crippen molar-refractivity contribution in [3.8, 4) is 6.07 Å². The number of aliphatic imine (C=N–C) groups is 1. The van der Waals surface area contributed by atoms with Crippen LogP contribution in [0.15, 0.2) is 41.7 Å². The molecular formula is C15H16N4O. The Labute approximate surface area is 118 Å². The van der Waals surface area contributed by atoms with E-state index in [9.17, 15) is 0 Å². The third-order valence-electron chi connectivity index (χ3n) is 2.88. The van der Waals surface area contributed by atoms with E-state index in [1.807, 2.05) is 41.8 Å². The maximum absolute atomic E-state index is 9.12. The smallest absolute Gasteiger partial charge is 0.189 e. The van der Waals surface area contributed by atoms with Gasteiger partial charge in [0.15, 0.2) is 17.4 Å². The minimum absolute atomic E-state index is 0.309. The lowest BCUT2D eigenvalue weighted by molar-refractivity contribution is 0.392. The Kier molecular flexibility index (Phi) is 4.51. The average Bonchev–Trinajstić information content (AvgIpc) is 2.87. The monoisotopic (exact) mass is 268 g/mol. The minimum atomic E-state index is 0.309. The summed E-state index contributed by atoms with van der Waals surface area (Å²) in [4.78, 5) is 8.49. The number of ether oxygens (including phenoxy) is 1. The predicted molar refractivity (Wildman–Crippen MR) is 76.9 cm³/mol. The first kappa shape index (κ1) is 13.8. The van der Waals surface area contributed by atoms with Crippen molar-refractivity contribution in [1.82, 2.24) is 9.55 Å². The van der Waals surface area contributed by atoms with Crippen molar-refractivity contribution in [1.29, 1.82) is 5.26 Å². The number of nitriles is 1. The Morgan fingerprint density at radius 2 is 2.15 bits per heavy atom. The molecule has 0 aliphatic heterocycles. The largest absolute Gasteiger partial charge is 0.484 e. The Hall–Kier alpha value is -2.61. The molecule has 0 fully saturated rings. The molecule has 0 unspecified atom stereocenters. The van der Waals surface area contributed by atoms with Gasteiger partial charge in [0.2, 0.25) is 0 Å². The predicted octanol–water partition coefficient (Wildman–Crippen LogP) is 2.89. The number of hydrogen-bond donors (Lipinski definition) is 0. The zero-order chi connectivity index (χ0) is 14.4. The number of benzene rings is 1. The molecule has 0 atom stereocenters. The highest BCUT2D eigenvalue weighted by atomic mass is 16.5. The average molecular weight is 268 g/mol. The molecule has 2 rings (SSSR count). The minimum Gasteiger partial charge on any atom is -0.484 e. The van der Waals surface area contributed by atoms with Crippen molar-refractivity contribution in [2.24, 2.45) is 4.99 Å². The van der Waals surface area contributed by atoms with E-state index in [1.54, 1.807) is 13.4 Å². The lowest BCUT2D eigenvalue weighted by Crippen LogP contribution is -2.02. The van der Waals surface area contributed by atoms with Crippen LogP contribution in [0.4, 0.5) is 5.82 Å². The maximum atomic E-state index is 9.12. The van der Waals surface area contributed by atoms with Gasteiger partial charge in [-0.3, -0.25) is 0 Å². The van der Waals surface area contributed by atoms with E-state index >= 15 is 0 Å². The standard InChI is InChI=1S/C15H16N4O/c1-3-14(20-2)18-15-13(9-16)17-11-19(15)10-12-7-5-4-6-8-12/h4-8,11H,3,10H2,1-2H3. The van der Waals surface area contributed by atoms with Gasteiger partial charge in [-0.25, -0.2) is 4.98 Å². The van der Waals surface area contributed by atoms with Gasteiger partial charge in [-0.2, -0.15) is 10.3 Å². The maximum Gasteiger partial charge on any atom is 0.189 e. The summed E-state index contributed by atoms with van der Waals surface area (Å²) in [6.45, 7) is 2.57. The van der Waals surface area contributed by atoms with Gasteiger partial charge in [-0.05, 0) is 5.56 Å². The molecule has 102 valence electrons. The fourth-order valence-electron chi connectivity index (χ4n) is 1.85. The fraction of sp³-hybridized carbons (Fsp3) is 0.267. The zero-order valence-electron chi connectivity index (χ0n) is 11.6. The van der Waals surface area contributed by atoms with Gasteiger partial charge in [0.05, 0.1) is 20.0 Å². The van der Waals surface area contributed by atoms with Crippen LogP contribution >= 0.6 is 0 Å². The number of methoxy groups -OCH3 is 1. The summed E-state index contributed by atoms with van der Waals surface area (Å²) in [5.41, 5.74) is 1.44. The second kappa shape index (κ2) is 6.53. The lowest BCUT2D eigenvalue weighted by Gasteiger charge is -2.07. The van der Waals surface area contributed by atoms with Crippen LogP contribution in [-0.2, 0) is 11.3 Å². The third-order valence-corrected chi connectivity index (χ3v) is 2.88. The summed E-state index contributed by atoms with van der Waals surface area (Å²) in [6.07, 6.45) is 2.30. The number of nitrogens with zero attached hydrogens (tertiary/aromatic N) is 4. The molecule has 0 saturated heterocycles. The topological polar surface area (TPSA) is 63.2 Å². The Morgan fingerprint density at radius 1 is 1.40 bits per heavy atom. The molecule has 5 nitrogen and oxygen atoms in total. The molecule has 1 heterocycles. The second-order valence-electron chi connectivity index (χ2n) is 4.21. The summed E-state index contributed by atoms with van der Waals surface area (Å²) < 4.78 is 7.03. The summed E-state index contributed by atoms with van der Waals surface area (Å²) in [5, 5.41) is 9.12. The first-order valence-electron chi connectivity index (χ1n) is 6.39. The molecule has 0 amide bonds. The van der Waals surface area contributed by atoms with E-state index in [-0.39, 0.29) is 0 Å². The molecule has 0 bridgehead atoms. The van der Waals surface area contributed by atoms with Crippen molar-refractivity contribution in [3.05, 3.63) is 47.9 Å². The van der Waals surface area contributed by atoms with Crippen LogP contribution in [-0.4, -0.2) is 22.6 Å². The lowest BCUT2D eigenvalue weighted by atomic mass is 10.2. The molecule has 20 heavy (non-hydrogen) atoms. The molecule has 2 aromatic rings. The SMILES string of the molecule is CCC(=Nc1c(C#N)ncn1Cc1ccccc1)OC. The molecule has 0 saturated carbocycles. The van der Waals surface area contributed by atoms with Gasteiger partial charge in [0.1, 0.15) is 6.07 Å². The first-order valence-corrected chi connectivity index (χ1v) is 6.39. The molecule has 0 aliphatic carbocycles. The van der Waals surface area contributed by atoms with Crippen molar-refractivity contribution < 1.29 is 4.74 Å². The highest BCUT2D eigenvalue weighted by molar-refractivity contribution is 5.79. The van der Waals surface area contributed by atoms with Crippen LogP contribution < -0.4 is 0 Å². The van der Waals surface area contributed by atoms with Gasteiger partial charge in [-0.15, -0.1) is 0 Å². The van der Waals surface area contributed by atoms with Crippen LogP contribution in [0, 0.1) is 11.3 Å². The summed E-state index contributed by atoms with van der Waals surface area (Å²) >= 11 is 0. The quantitative estimate of drug-likeness (QED) is 0.632. The van der Waals surface area contributed by atoms with Crippen molar-refractivity contribution in [2.45, 2.75) is 19.9 Å². The van der Waals surface area contributed by atoms with Gasteiger partial charge in [0.25, 0.3) is 0 Å². The van der Waals surface area contributed by atoms with Gasteiger partial charge < -0.3 is 9.30 Å². The van der Waals surface area contributed by atoms with Crippen LogP contribution in [0.5, 0.6) is 0 Å². The molecule has 1 aromatic heterocycles. The van der Waals surface area contributed by atoms with Crippen LogP contribution in [0.3, 0.4) is 0 Å². The van der Waals surface area contributed by atoms with E-state index in [0.29, 0.717) is 30.4 Å². The summed E-state index contributed by atoms with van der Waals surface area (Å²) in [6, 6.07) is 12.0. The van der Waals surface area contributed by atoms with E-state index < -0.39 is 0 Å². The third kappa shape index (κ3) is 3.04. The number of rotatable bonds is 4. The fourth-order valence-corrected chi connectivity index (χ4v) is 1.85. The Morgan fingerprint density at radius 3 is 2.75 bits per heavy atom. The Bertz CT molecular complexity index is 632. The highest BCUT2D eigenvalue weighted by Crippen LogP contribution is 2.20. The van der Waals surface area contributed by atoms with Crippen LogP contribution in [0.25, 0.3) is 0 Å².